The van der Waals surface area contributed by atoms with Crippen LogP contribution in [0.25, 0.3) is 0 Å². The van der Waals surface area contributed by atoms with Gasteiger partial charge in [0, 0.05) is 6.54 Å². The van der Waals surface area contributed by atoms with Crippen molar-refractivity contribution in [3.63, 3.8) is 0 Å². The number of amides is 1. The van der Waals surface area contributed by atoms with Crippen molar-refractivity contribution < 1.29 is 14.3 Å². The van der Waals surface area contributed by atoms with E-state index >= 15 is 0 Å². The summed E-state index contributed by atoms with van der Waals surface area (Å²) in [6, 6.07) is 16.8. The number of rotatable bonds is 7. The highest BCUT2D eigenvalue weighted by molar-refractivity contribution is 5.83. The highest BCUT2D eigenvalue weighted by Gasteiger charge is 2.60. The minimum Gasteiger partial charge on any atom is -0.497 e. The second-order valence-corrected chi connectivity index (χ2v) is 10.1. The van der Waals surface area contributed by atoms with Crippen molar-refractivity contribution in [2.75, 3.05) is 20.8 Å². The van der Waals surface area contributed by atoms with E-state index in [9.17, 15) is 4.79 Å². The molecule has 2 aromatic carbocycles. The molecule has 2 unspecified atom stereocenters. The quantitative estimate of drug-likeness (QED) is 0.694. The maximum atomic E-state index is 13.5. The van der Waals surface area contributed by atoms with Gasteiger partial charge in [-0.1, -0.05) is 24.3 Å². The fourth-order valence-corrected chi connectivity index (χ4v) is 7.11. The molecule has 0 spiro atoms. The van der Waals surface area contributed by atoms with Gasteiger partial charge in [0.1, 0.15) is 11.5 Å². The van der Waals surface area contributed by atoms with Gasteiger partial charge in [-0.15, -0.1) is 0 Å². The minimum atomic E-state index is -0.191. The fourth-order valence-electron chi connectivity index (χ4n) is 7.11. The molecule has 0 aromatic heterocycles. The molecule has 1 N–H and O–H groups in total. The Bertz CT molecular complexity index is 920. The van der Waals surface area contributed by atoms with E-state index < -0.39 is 0 Å². The number of hydrogen-bond acceptors (Lipinski definition) is 3. The van der Waals surface area contributed by atoms with E-state index in [0.29, 0.717) is 18.4 Å². The van der Waals surface area contributed by atoms with Crippen molar-refractivity contribution in [2.45, 2.75) is 50.4 Å². The van der Waals surface area contributed by atoms with E-state index in [0.717, 1.165) is 37.2 Å². The summed E-state index contributed by atoms with van der Waals surface area (Å²) >= 11 is 0. The second-order valence-electron chi connectivity index (χ2n) is 10.1. The van der Waals surface area contributed by atoms with Gasteiger partial charge in [0.05, 0.1) is 19.6 Å². The van der Waals surface area contributed by atoms with Crippen LogP contribution >= 0.6 is 0 Å². The zero-order chi connectivity index (χ0) is 21.5. The number of hydrogen-bond donors (Lipinski definition) is 1. The molecule has 4 atom stereocenters. The Balaban J connectivity index is 1.29. The van der Waals surface area contributed by atoms with Crippen molar-refractivity contribution >= 4 is 5.91 Å². The maximum absolute atomic E-state index is 13.5. The first-order valence-electron chi connectivity index (χ1n) is 11.6. The zero-order valence-electron chi connectivity index (χ0n) is 18.7. The van der Waals surface area contributed by atoms with Crippen molar-refractivity contribution in [1.29, 1.82) is 0 Å². The molecular weight excluding hydrogens is 386 g/mol. The predicted molar refractivity (Wildman–Crippen MR) is 121 cm³/mol. The van der Waals surface area contributed by atoms with Crippen molar-refractivity contribution in [1.82, 2.24) is 5.32 Å². The van der Waals surface area contributed by atoms with E-state index in [2.05, 4.69) is 41.7 Å². The van der Waals surface area contributed by atoms with Crippen LogP contribution in [0.1, 0.15) is 49.7 Å². The lowest BCUT2D eigenvalue weighted by Gasteiger charge is -2.61. The van der Waals surface area contributed by atoms with Gasteiger partial charge in [-0.05, 0) is 97.6 Å². The van der Waals surface area contributed by atoms with E-state index in [1.54, 1.807) is 14.2 Å². The molecule has 4 fully saturated rings. The SMILES string of the molecule is COc1ccc(CCNC(=O)C23C[C@H]4C[C@@H](C2)CC(c2ccc(OC)cc2)(C4)C3)cc1. The normalized spacial score (nSPS) is 30.8. The monoisotopic (exact) mass is 419 g/mol. The number of ether oxygens (including phenoxy) is 2. The first kappa shape index (κ1) is 20.4. The van der Waals surface area contributed by atoms with Crippen LogP contribution in [0.4, 0.5) is 0 Å². The zero-order valence-corrected chi connectivity index (χ0v) is 18.7. The highest BCUT2D eigenvalue weighted by Crippen LogP contribution is 2.65. The molecule has 4 heteroatoms. The lowest BCUT2D eigenvalue weighted by Crippen LogP contribution is -2.59. The molecule has 31 heavy (non-hydrogen) atoms. The Morgan fingerprint density at radius 2 is 1.48 bits per heavy atom. The Morgan fingerprint density at radius 1 is 0.903 bits per heavy atom. The summed E-state index contributed by atoms with van der Waals surface area (Å²) in [6.45, 7) is 0.692. The van der Waals surface area contributed by atoms with E-state index in [4.69, 9.17) is 9.47 Å². The van der Waals surface area contributed by atoms with Gasteiger partial charge >= 0.3 is 0 Å². The summed E-state index contributed by atoms with van der Waals surface area (Å²) in [5.41, 5.74) is 2.59. The number of nitrogens with one attached hydrogen (secondary N) is 1. The van der Waals surface area contributed by atoms with Gasteiger partial charge in [-0.2, -0.15) is 0 Å². The molecule has 164 valence electrons. The largest absolute Gasteiger partial charge is 0.497 e. The summed E-state index contributed by atoms with van der Waals surface area (Å²) in [6.07, 6.45) is 7.74. The van der Waals surface area contributed by atoms with Gasteiger partial charge in [0.15, 0.2) is 0 Å². The average Bonchev–Trinajstić information content (AvgIpc) is 2.78. The lowest BCUT2D eigenvalue weighted by atomic mass is 9.42. The van der Waals surface area contributed by atoms with E-state index in [-0.39, 0.29) is 16.7 Å². The standard InChI is InChI=1S/C27H33NO3/c1-30-23-7-3-19(4-8-23)11-12-28-25(29)27-16-20-13-21(17-27)15-26(14-20,18-27)22-5-9-24(31-2)10-6-22/h3-10,20-21H,11-18H2,1-2H3,(H,28,29)/t20-,21+,26?,27?. The van der Waals surface area contributed by atoms with Crippen LogP contribution in [-0.2, 0) is 16.6 Å². The predicted octanol–water partition coefficient (Wildman–Crippen LogP) is 4.90. The summed E-state index contributed by atoms with van der Waals surface area (Å²) in [5.74, 6) is 3.41. The smallest absolute Gasteiger partial charge is 0.226 e. The van der Waals surface area contributed by atoms with Crippen molar-refractivity contribution in [3.05, 3.63) is 59.7 Å². The molecule has 1 amide bonds. The third-order valence-electron chi connectivity index (χ3n) is 8.10. The first-order valence-corrected chi connectivity index (χ1v) is 11.6. The topological polar surface area (TPSA) is 47.6 Å². The van der Waals surface area contributed by atoms with Gasteiger partial charge < -0.3 is 14.8 Å². The molecule has 4 saturated carbocycles. The molecule has 0 heterocycles. The third-order valence-corrected chi connectivity index (χ3v) is 8.10. The van der Waals surface area contributed by atoms with Crippen LogP contribution in [-0.4, -0.2) is 26.7 Å². The Hall–Kier alpha value is -2.49. The average molecular weight is 420 g/mol. The molecule has 2 aromatic rings. The molecule has 4 aliphatic carbocycles. The Morgan fingerprint density at radius 3 is 2.06 bits per heavy atom. The Kier molecular flexibility index (Phi) is 5.19. The number of carbonyl (C=O) groups excluding carboxylic acids is 1. The molecule has 0 radical (unpaired) electrons. The van der Waals surface area contributed by atoms with Crippen molar-refractivity contribution in [2.24, 2.45) is 17.3 Å². The number of methoxy groups -OCH3 is 2. The van der Waals surface area contributed by atoms with Gasteiger partial charge in [0.2, 0.25) is 5.91 Å². The van der Waals surface area contributed by atoms with Gasteiger partial charge in [-0.25, -0.2) is 0 Å². The fraction of sp³-hybridized carbons (Fsp3) is 0.519. The lowest BCUT2D eigenvalue weighted by molar-refractivity contribution is -0.149. The van der Waals surface area contributed by atoms with Crippen LogP contribution in [0.15, 0.2) is 48.5 Å². The van der Waals surface area contributed by atoms with Crippen LogP contribution in [0, 0.1) is 17.3 Å². The van der Waals surface area contributed by atoms with Crippen LogP contribution in [0.5, 0.6) is 11.5 Å². The summed E-state index contributed by atoms with van der Waals surface area (Å²) in [5, 5.41) is 3.31. The molecule has 4 bridgehead atoms. The van der Waals surface area contributed by atoms with Crippen LogP contribution in [0.2, 0.25) is 0 Å². The van der Waals surface area contributed by atoms with Crippen LogP contribution in [0.3, 0.4) is 0 Å². The summed E-state index contributed by atoms with van der Waals surface area (Å²) in [4.78, 5) is 13.5. The highest BCUT2D eigenvalue weighted by atomic mass is 16.5. The minimum absolute atomic E-state index is 0.156. The van der Waals surface area contributed by atoms with Crippen LogP contribution < -0.4 is 14.8 Å². The summed E-state index contributed by atoms with van der Waals surface area (Å²) in [7, 11) is 3.39. The molecule has 4 aliphatic rings. The van der Waals surface area contributed by atoms with Gasteiger partial charge in [-0.3, -0.25) is 4.79 Å². The first-order chi connectivity index (χ1) is 15.0. The molecule has 6 rings (SSSR count). The molecule has 0 aliphatic heterocycles. The van der Waals surface area contributed by atoms with Crippen molar-refractivity contribution in [3.8, 4) is 11.5 Å². The van der Waals surface area contributed by atoms with Gasteiger partial charge in [0.25, 0.3) is 0 Å². The number of benzene rings is 2. The molecule has 0 saturated heterocycles. The maximum Gasteiger partial charge on any atom is 0.226 e. The third kappa shape index (κ3) is 3.71. The molecular formula is C27H33NO3. The number of carbonyl (C=O) groups is 1. The van der Waals surface area contributed by atoms with E-state index in [1.807, 2.05) is 12.1 Å². The Labute approximate surface area is 185 Å². The molecule has 4 nitrogen and oxygen atoms in total. The second kappa shape index (κ2) is 7.89. The van der Waals surface area contributed by atoms with E-state index in [1.165, 1.54) is 30.4 Å². The summed E-state index contributed by atoms with van der Waals surface area (Å²) < 4.78 is 10.6.